The Bertz CT molecular complexity index is 1330. The Balaban J connectivity index is 1.73. The van der Waals surface area contributed by atoms with Gasteiger partial charge in [0, 0.05) is 33.2 Å². The number of fused-ring (bicyclic) bond motifs is 5. The van der Waals surface area contributed by atoms with Gasteiger partial charge in [0.05, 0.1) is 19.3 Å². The number of benzene rings is 3. The lowest BCUT2D eigenvalue weighted by molar-refractivity contribution is 0.103. The molecular weight excluding hydrogens is 374 g/mol. The Morgan fingerprint density at radius 3 is 2.47 bits per heavy atom. The Morgan fingerprint density at radius 2 is 1.70 bits per heavy atom. The molecular formula is C26H19NO3. The molecule has 1 aromatic heterocycles. The van der Waals surface area contributed by atoms with E-state index in [0.29, 0.717) is 29.0 Å². The van der Waals surface area contributed by atoms with Crippen molar-refractivity contribution in [2.75, 3.05) is 7.11 Å². The topological polar surface area (TPSA) is 48.3 Å². The van der Waals surface area contributed by atoms with Crippen molar-refractivity contribution in [1.82, 2.24) is 4.57 Å². The standard InChI is InChI=1S/C26H19NO3/c1-30-20-12-10-17(11-13-20)26(29)19-14-18-6-2-3-7-21(18)25-23(16-28)22-8-4-5-9-24(22)27(25)15-19/h2-14,16H,15H2,1H3. The van der Waals surface area contributed by atoms with Crippen molar-refractivity contribution in [2.45, 2.75) is 6.54 Å². The minimum Gasteiger partial charge on any atom is -0.497 e. The second-order valence-electron chi connectivity index (χ2n) is 7.30. The van der Waals surface area contributed by atoms with Crippen LogP contribution in [0.15, 0.2) is 78.4 Å². The molecule has 0 bridgehead atoms. The largest absolute Gasteiger partial charge is 0.497 e. The minimum atomic E-state index is -0.0364. The molecule has 0 fully saturated rings. The van der Waals surface area contributed by atoms with Crippen molar-refractivity contribution >= 4 is 29.0 Å². The molecule has 0 saturated carbocycles. The van der Waals surface area contributed by atoms with E-state index in [1.807, 2.05) is 54.6 Å². The second-order valence-corrected chi connectivity index (χ2v) is 7.30. The van der Waals surface area contributed by atoms with Crippen LogP contribution < -0.4 is 4.74 Å². The van der Waals surface area contributed by atoms with Crippen molar-refractivity contribution in [3.05, 3.63) is 95.1 Å². The number of rotatable bonds is 4. The molecule has 0 radical (unpaired) electrons. The SMILES string of the molecule is COc1ccc(C(=O)C2=Cc3ccccc3-c3c(C=O)c4ccccc4n3C2)cc1. The van der Waals surface area contributed by atoms with Crippen LogP contribution >= 0.6 is 0 Å². The molecule has 0 aliphatic carbocycles. The minimum absolute atomic E-state index is 0.0364. The molecule has 0 spiro atoms. The molecule has 0 amide bonds. The molecule has 0 saturated heterocycles. The van der Waals surface area contributed by atoms with Gasteiger partial charge in [-0.15, -0.1) is 0 Å². The molecule has 4 aromatic rings. The molecule has 4 heteroatoms. The first-order valence-electron chi connectivity index (χ1n) is 9.76. The third kappa shape index (κ3) is 2.77. The summed E-state index contributed by atoms with van der Waals surface area (Å²) in [6.07, 6.45) is 2.86. The number of ketones is 1. The second kappa shape index (κ2) is 7.16. The predicted molar refractivity (Wildman–Crippen MR) is 118 cm³/mol. The van der Waals surface area contributed by atoms with E-state index in [1.54, 1.807) is 31.4 Å². The fourth-order valence-electron chi connectivity index (χ4n) is 4.21. The maximum atomic E-state index is 13.4. The summed E-state index contributed by atoms with van der Waals surface area (Å²) in [5, 5.41) is 0.899. The van der Waals surface area contributed by atoms with E-state index in [0.717, 1.165) is 34.0 Å². The molecule has 4 nitrogen and oxygen atoms in total. The van der Waals surface area contributed by atoms with Crippen molar-refractivity contribution in [3.63, 3.8) is 0 Å². The van der Waals surface area contributed by atoms with Crippen LogP contribution in [-0.2, 0) is 6.54 Å². The molecule has 1 aliphatic heterocycles. The Hall–Kier alpha value is -3.92. The van der Waals surface area contributed by atoms with Crippen molar-refractivity contribution in [3.8, 4) is 17.0 Å². The van der Waals surface area contributed by atoms with E-state index in [2.05, 4.69) is 4.57 Å². The normalized spacial score (nSPS) is 12.5. The summed E-state index contributed by atoms with van der Waals surface area (Å²) in [7, 11) is 1.60. The predicted octanol–water partition coefficient (Wildman–Crippen LogP) is 5.41. The van der Waals surface area contributed by atoms with Crippen LogP contribution in [-0.4, -0.2) is 23.7 Å². The molecule has 3 aromatic carbocycles. The van der Waals surface area contributed by atoms with E-state index in [4.69, 9.17) is 4.74 Å². The number of nitrogens with zero attached hydrogens (tertiary/aromatic N) is 1. The van der Waals surface area contributed by atoms with Gasteiger partial charge in [-0.3, -0.25) is 9.59 Å². The number of aldehydes is 1. The smallest absolute Gasteiger partial charge is 0.190 e. The highest BCUT2D eigenvalue weighted by atomic mass is 16.5. The zero-order chi connectivity index (χ0) is 20.7. The molecule has 0 atom stereocenters. The van der Waals surface area contributed by atoms with Crippen LogP contribution in [0.1, 0.15) is 26.3 Å². The van der Waals surface area contributed by atoms with E-state index in [9.17, 15) is 9.59 Å². The van der Waals surface area contributed by atoms with Crippen molar-refractivity contribution < 1.29 is 14.3 Å². The third-order valence-electron chi connectivity index (χ3n) is 5.65. The highest BCUT2D eigenvalue weighted by molar-refractivity contribution is 6.13. The molecule has 1 aliphatic rings. The van der Waals surface area contributed by atoms with E-state index >= 15 is 0 Å². The van der Waals surface area contributed by atoms with Crippen LogP contribution in [0.2, 0.25) is 0 Å². The maximum absolute atomic E-state index is 13.4. The van der Waals surface area contributed by atoms with Gasteiger partial charge in [0.1, 0.15) is 5.75 Å². The fourth-order valence-corrected chi connectivity index (χ4v) is 4.21. The first-order valence-corrected chi connectivity index (χ1v) is 9.76. The number of methoxy groups -OCH3 is 1. The van der Waals surface area contributed by atoms with Crippen molar-refractivity contribution in [2.24, 2.45) is 0 Å². The lowest BCUT2D eigenvalue weighted by Gasteiger charge is -2.11. The molecule has 0 N–H and O–H groups in total. The van der Waals surface area contributed by atoms with Gasteiger partial charge in [-0.2, -0.15) is 0 Å². The van der Waals surface area contributed by atoms with Gasteiger partial charge < -0.3 is 9.30 Å². The number of allylic oxidation sites excluding steroid dienone is 1. The summed E-state index contributed by atoms with van der Waals surface area (Å²) >= 11 is 0. The van der Waals surface area contributed by atoms with Gasteiger partial charge in [0.15, 0.2) is 12.1 Å². The van der Waals surface area contributed by atoms with Crippen LogP contribution in [0.3, 0.4) is 0 Å². The first-order chi connectivity index (χ1) is 14.7. The molecule has 146 valence electrons. The first kappa shape index (κ1) is 18.1. The number of para-hydroxylation sites is 1. The summed E-state index contributed by atoms with van der Waals surface area (Å²) in [6.45, 7) is 0.392. The number of Topliss-reactive ketones (excluding diaryl/α,β-unsaturated/α-hetero) is 1. The molecule has 0 unspecified atom stereocenters. The number of carbonyl (C=O) groups is 2. The summed E-state index contributed by atoms with van der Waals surface area (Å²) in [6, 6.07) is 22.9. The van der Waals surface area contributed by atoms with Gasteiger partial charge in [-0.1, -0.05) is 42.5 Å². The van der Waals surface area contributed by atoms with E-state index in [-0.39, 0.29) is 5.78 Å². The lowest BCUT2D eigenvalue weighted by Crippen LogP contribution is -2.10. The van der Waals surface area contributed by atoms with Crippen LogP contribution in [0.5, 0.6) is 5.75 Å². The average molecular weight is 393 g/mol. The quantitative estimate of drug-likeness (QED) is 0.344. The Labute approximate surface area is 174 Å². The number of hydrogen-bond donors (Lipinski definition) is 0. The summed E-state index contributed by atoms with van der Waals surface area (Å²) in [4.78, 5) is 25.5. The van der Waals surface area contributed by atoms with Gasteiger partial charge in [0.2, 0.25) is 0 Å². The zero-order valence-corrected chi connectivity index (χ0v) is 16.5. The van der Waals surface area contributed by atoms with Crippen LogP contribution in [0.25, 0.3) is 28.2 Å². The number of hydrogen-bond acceptors (Lipinski definition) is 3. The number of ether oxygens (including phenoxy) is 1. The van der Waals surface area contributed by atoms with Gasteiger partial charge >= 0.3 is 0 Å². The highest BCUT2D eigenvalue weighted by Crippen LogP contribution is 2.38. The Kier molecular flexibility index (Phi) is 4.32. The average Bonchev–Trinajstić information content (AvgIpc) is 3.00. The summed E-state index contributed by atoms with van der Waals surface area (Å²) in [5.74, 6) is 0.673. The lowest BCUT2D eigenvalue weighted by atomic mass is 9.98. The van der Waals surface area contributed by atoms with E-state index < -0.39 is 0 Å². The zero-order valence-electron chi connectivity index (χ0n) is 16.5. The van der Waals surface area contributed by atoms with Crippen LogP contribution in [0, 0.1) is 0 Å². The summed E-state index contributed by atoms with van der Waals surface area (Å²) in [5.41, 5.74) is 5.62. The van der Waals surface area contributed by atoms with Gasteiger partial charge in [0.25, 0.3) is 0 Å². The fraction of sp³-hybridized carbons (Fsp3) is 0.0769. The monoisotopic (exact) mass is 393 g/mol. The van der Waals surface area contributed by atoms with Gasteiger partial charge in [-0.05, 0) is 42.0 Å². The van der Waals surface area contributed by atoms with Crippen LogP contribution in [0.4, 0.5) is 0 Å². The van der Waals surface area contributed by atoms with E-state index in [1.165, 1.54) is 0 Å². The molecule has 5 rings (SSSR count). The molecule has 30 heavy (non-hydrogen) atoms. The number of carbonyl (C=O) groups excluding carboxylic acids is 2. The van der Waals surface area contributed by atoms with Gasteiger partial charge in [-0.25, -0.2) is 0 Å². The Morgan fingerprint density at radius 1 is 0.967 bits per heavy atom. The highest BCUT2D eigenvalue weighted by Gasteiger charge is 2.25. The van der Waals surface area contributed by atoms with Crippen molar-refractivity contribution in [1.29, 1.82) is 0 Å². The number of aromatic nitrogens is 1. The third-order valence-corrected chi connectivity index (χ3v) is 5.65. The maximum Gasteiger partial charge on any atom is 0.190 e. The molecule has 2 heterocycles. The summed E-state index contributed by atoms with van der Waals surface area (Å²) < 4.78 is 7.29.